The van der Waals surface area contributed by atoms with Crippen molar-refractivity contribution in [1.29, 1.82) is 0 Å². The van der Waals surface area contributed by atoms with Crippen LogP contribution in [0.5, 0.6) is 0 Å². The average molecular weight is 632 g/mol. The summed E-state index contributed by atoms with van der Waals surface area (Å²) < 4.78 is 41.7. The van der Waals surface area contributed by atoms with Crippen molar-refractivity contribution in [3.8, 4) is 0 Å². The summed E-state index contributed by atoms with van der Waals surface area (Å²) in [7, 11) is 0. The van der Waals surface area contributed by atoms with Crippen LogP contribution in [-0.4, -0.2) is 104 Å². The lowest BCUT2D eigenvalue weighted by molar-refractivity contribution is -0.137. The van der Waals surface area contributed by atoms with Crippen LogP contribution in [0.25, 0.3) is 5.57 Å². The number of carbonyl (C=O) groups is 4. The van der Waals surface area contributed by atoms with Crippen LogP contribution in [0.2, 0.25) is 0 Å². The normalized spacial score (nSPS) is 19.9. The molecular weight excluding hydrogens is 603 g/mol. The van der Waals surface area contributed by atoms with Crippen LogP contribution in [0.4, 0.5) is 18.9 Å². The lowest BCUT2D eigenvalue weighted by Crippen LogP contribution is -2.65. The third-order valence-corrected chi connectivity index (χ3v) is 7.52. The molecule has 15 heteroatoms. The number of nitrogens with one attached hydrogen (secondary N) is 1. The van der Waals surface area contributed by atoms with Crippen molar-refractivity contribution >= 4 is 35.1 Å². The molecule has 2 aliphatic heterocycles. The minimum absolute atomic E-state index is 0.0568. The van der Waals surface area contributed by atoms with Gasteiger partial charge in [0.05, 0.1) is 23.3 Å². The fourth-order valence-electron chi connectivity index (χ4n) is 5.73. The van der Waals surface area contributed by atoms with E-state index in [4.69, 9.17) is 0 Å². The molecule has 2 aromatic rings. The van der Waals surface area contributed by atoms with Crippen LogP contribution in [-0.2, 0) is 25.4 Å². The number of halogens is 3. The number of carboxylic acid groups (broad SMARTS) is 4. The van der Waals surface area contributed by atoms with Crippen molar-refractivity contribution in [1.82, 2.24) is 9.80 Å². The van der Waals surface area contributed by atoms with E-state index in [1.165, 1.54) is 35.2 Å². The molecule has 4 rings (SSSR count). The highest BCUT2D eigenvalue weighted by atomic mass is 19.4. The van der Waals surface area contributed by atoms with Gasteiger partial charge in [0.15, 0.2) is 5.66 Å². The average Bonchev–Trinajstić information content (AvgIpc) is 2.97. The molecule has 12 nitrogen and oxygen atoms in total. The summed E-state index contributed by atoms with van der Waals surface area (Å²) in [6, 6.07) is 9.72. The Morgan fingerprint density at radius 2 is 1.51 bits per heavy atom. The molecule has 0 aromatic heterocycles. The van der Waals surface area contributed by atoms with Gasteiger partial charge in [-0.25, -0.2) is 19.2 Å². The molecule has 0 saturated carbocycles. The highest BCUT2D eigenvalue weighted by Gasteiger charge is 2.54. The zero-order chi connectivity index (χ0) is 33.1. The minimum atomic E-state index is -4.84. The largest absolute Gasteiger partial charge is 0.478 e. The number of β-amino-alcohol motifs (C(OH)–C–C–N with tert-alkyl or cyclic N) is 1. The minimum Gasteiger partial charge on any atom is -0.478 e. The van der Waals surface area contributed by atoms with E-state index in [9.17, 15) is 57.9 Å². The Labute approximate surface area is 253 Å². The third-order valence-electron chi connectivity index (χ3n) is 7.52. The number of piperazine rings is 1. The Morgan fingerprint density at radius 3 is 2.07 bits per heavy atom. The molecule has 0 amide bonds. The monoisotopic (exact) mass is 631 g/mol. The fraction of sp³-hybridized carbons (Fsp3) is 0.267. The maximum Gasteiger partial charge on any atom is 0.416 e. The molecule has 6 N–H and O–H groups in total. The first-order valence-corrected chi connectivity index (χ1v) is 13.5. The van der Waals surface area contributed by atoms with Gasteiger partial charge in [-0.15, -0.1) is 0 Å². The summed E-state index contributed by atoms with van der Waals surface area (Å²) in [5.41, 5.74) is -6.30. The Kier molecular flexibility index (Phi) is 9.46. The van der Waals surface area contributed by atoms with Crippen molar-refractivity contribution in [3.63, 3.8) is 0 Å². The lowest BCUT2D eigenvalue weighted by Gasteiger charge is -2.52. The number of carboxylic acids is 4. The number of anilines is 1. The number of para-hydroxylation sites is 1. The second-order valence-corrected chi connectivity index (χ2v) is 10.2. The van der Waals surface area contributed by atoms with E-state index in [-0.39, 0.29) is 67.8 Å². The van der Waals surface area contributed by atoms with Gasteiger partial charge in [-0.2, -0.15) is 13.2 Å². The van der Waals surface area contributed by atoms with E-state index in [2.05, 4.69) is 5.32 Å². The van der Waals surface area contributed by atoms with E-state index in [1.54, 1.807) is 0 Å². The summed E-state index contributed by atoms with van der Waals surface area (Å²) in [5.74, 6) is -7.17. The van der Waals surface area contributed by atoms with Gasteiger partial charge in [-0.05, 0) is 29.3 Å². The molecule has 0 bridgehead atoms. The topological polar surface area (TPSA) is 188 Å². The summed E-state index contributed by atoms with van der Waals surface area (Å²) in [6.07, 6.45) is -4.21. The summed E-state index contributed by atoms with van der Waals surface area (Å²) >= 11 is 0. The number of hydrogen-bond acceptors (Lipinski definition) is 8. The predicted molar refractivity (Wildman–Crippen MR) is 152 cm³/mol. The van der Waals surface area contributed by atoms with E-state index >= 15 is 0 Å². The van der Waals surface area contributed by atoms with Crippen molar-refractivity contribution in [2.24, 2.45) is 0 Å². The zero-order valence-corrected chi connectivity index (χ0v) is 23.4. The van der Waals surface area contributed by atoms with Crippen molar-refractivity contribution in [2.45, 2.75) is 11.8 Å². The van der Waals surface area contributed by atoms with Gasteiger partial charge in [0, 0.05) is 61.7 Å². The van der Waals surface area contributed by atoms with Gasteiger partial charge in [-0.1, -0.05) is 30.3 Å². The third kappa shape index (κ3) is 6.60. The summed E-state index contributed by atoms with van der Waals surface area (Å²) in [6.45, 7) is 0.292. The number of alkyl halides is 3. The SMILES string of the molecule is O=C(O)C=C(C(=O)O)C1=C(c2cccc(C(F)(F)F)c2)c2ccccc2NC1(C(=CC(=O)O)C(=O)O)N1CCN(CCO)CC1. The Balaban J connectivity index is 2.26. The van der Waals surface area contributed by atoms with Crippen LogP contribution >= 0.6 is 0 Å². The molecule has 1 saturated heterocycles. The van der Waals surface area contributed by atoms with Crippen LogP contribution in [0.15, 0.2) is 77.4 Å². The van der Waals surface area contributed by atoms with Gasteiger partial charge in [-0.3, -0.25) is 9.80 Å². The quantitative estimate of drug-likeness (QED) is 0.211. The van der Waals surface area contributed by atoms with Gasteiger partial charge < -0.3 is 30.8 Å². The second kappa shape index (κ2) is 12.9. The van der Waals surface area contributed by atoms with Crippen LogP contribution in [0, 0.1) is 0 Å². The zero-order valence-electron chi connectivity index (χ0n) is 23.4. The first-order valence-electron chi connectivity index (χ1n) is 13.5. The van der Waals surface area contributed by atoms with Crippen molar-refractivity contribution in [2.75, 3.05) is 44.6 Å². The molecule has 0 spiro atoms. The highest BCUT2D eigenvalue weighted by molar-refractivity contribution is 6.09. The van der Waals surface area contributed by atoms with Crippen LogP contribution in [0.3, 0.4) is 0 Å². The van der Waals surface area contributed by atoms with E-state index < -0.39 is 58.0 Å². The number of fused-ring (bicyclic) bond motifs is 1. The van der Waals surface area contributed by atoms with E-state index in [1.807, 2.05) is 4.90 Å². The fourth-order valence-corrected chi connectivity index (χ4v) is 5.73. The summed E-state index contributed by atoms with van der Waals surface area (Å²) in [5, 5.41) is 52.8. The molecule has 2 aliphatic rings. The smallest absolute Gasteiger partial charge is 0.416 e. The first-order chi connectivity index (χ1) is 21.2. The number of aliphatic hydroxyl groups is 1. The Hall–Kier alpha value is -4.99. The Bertz CT molecular complexity index is 1630. The molecule has 45 heavy (non-hydrogen) atoms. The van der Waals surface area contributed by atoms with Gasteiger partial charge in [0.2, 0.25) is 0 Å². The van der Waals surface area contributed by atoms with Crippen molar-refractivity contribution < 1.29 is 57.9 Å². The molecule has 1 atom stereocenters. The molecule has 2 aromatic carbocycles. The number of aliphatic hydroxyl groups excluding tert-OH is 1. The molecule has 238 valence electrons. The van der Waals surface area contributed by atoms with Crippen LogP contribution < -0.4 is 5.32 Å². The van der Waals surface area contributed by atoms with Gasteiger partial charge in [0.25, 0.3) is 0 Å². The number of rotatable bonds is 10. The van der Waals surface area contributed by atoms with E-state index in [0.717, 1.165) is 18.2 Å². The number of aliphatic carboxylic acids is 4. The lowest BCUT2D eigenvalue weighted by atomic mass is 9.73. The Morgan fingerprint density at radius 1 is 0.867 bits per heavy atom. The molecule has 1 fully saturated rings. The standard InChI is InChI=1S/C30H28F3N3O9/c31-30(32,33)18-5-3-4-17(14-18)25-19-6-1-2-7-22(19)34-29(21(28(44)45)16-24(40)41,26(25)20(27(42)43)15-23(38)39)36-10-8-35(9-11-36)12-13-37/h1-7,14-16,34,37H,8-13H2,(H,38,39)(H,40,41)(H,42,43)(H,44,45). The van der Waals surface area contributed by atoms with E-state index in [0.29, 0.717) is 6.08 Å². The van der Waals surface area contributed by atoms with Crippen molar-refractivity contribution in [3.05, 3.63) is 94.1 Å². The molecular formula is C30H28F3N3O9. The molecule has 0 aliphatic carbocycles. The van der Waals surface area contributed by atoms with Gasteiger partial charge >= 0.3 is 30.1 Å². The van der Waals surface area contributed by atoms with Gasteiger partial charge in [0.1, 0.15) is 0 Å². The first kappa shape index (κ1) is 32.9. The number of nitrogens with zero attached hydrogens (tertiary/aromatic N) is 2. The molecule has 0 radical (unpaired) electrons. The highest BCUT2D eigenvalue weighted by Crippen LogP contribution is 2.50. The maximum absolute atomic E-state index is 13.9. The maximum atomic E-state index is 13.9. The molecule has 1 unspecified atom stereocenters. The summed E-state index contributed by atoms with van der Waals surface area (Å²) in [4.78, 5) is 53.1. The van der Waals surface area contributed by atoms with Crippen LogP contribution in [0.1, 0.15) is 16.7 Å². The second-order valence-electron chi connectivity index (χ2n) is 10.2. The number of benzene rings is 2. The predicted octanol–water partition coefficient (Wildman–Crippen LogP) is 2.43. The molecule has 2 heterocycles. The number of hydrogen-bond donors (Lipinski definition) is 6.